The van der Waals surface area contributed by atoms with E-state index in [0.29, 0.717) is 17.9 Å². The first-order valence-electron chi connectivity index (χ1n) is 15.3. The van der Waals surface area contributed by atoms with Gasteiger partial charge in [-0.2, -0.15) is 0 Å². The largest absolute Gasteiger partial charge is 0.504 e. The van der Waals surface area contributed by atoms with Crippen LogP contribution in [-0.4, -0.2) is 24.4 Å². The highest BCUT2D eigenvalue weighted by Gasteiger charge is 2.23. The minimum atomic E-state index is 0.0524. The van der Waals surface area contributed by atoms with Crippen molar-refractivity contribution < 1.29 is 19.7 Å². The van der Waals surface area contributed by atoms with Gasteiger partial charge < -0.3 is 19.7 Å². The fourth-order valence-corrected chi connectivity index (χ4v) is 5.49. The van der Waals surface area contributed by atoms with Gasteiger partial charge in [-0.3, -0.25) is 0 Å². The van der Waals surface area contributed by atoms with Crippen molar-refractivity contribution in [2.45, 2.75) is 132 Å². The highest BCUT2D eigenvalue weighted by molar-refractivity contribution is 5.65. The van der Waals surface area contributed by atoms with E-state index in [2.05, 4.69) is 47.6 Å². The van der Waals surface area contributed by atoms with Gasteiger partial charge in [0.05, 0.1) is 14.2 Å². The highest BCUT2D eigenvalue weighted by Crippen LogP contribution is 2.48. The van der Waals surface area contributed by atoms with Crippen LogP contribution in [0.25, 0.3) is 0 Å². The molecule has 3 atom stereocenters. The summed E-state index contributed by atoms with van der Waals surface area (Å²) in [4.78, 5) is 0. The predicted molar refractivity (Wildman–Crippen MR) is 163 cm³/mol. The van der Waals surface area contributed by atoms with Crippen molar-refractivity contribution in [2.24, 2.45) is 23.7 Å². The Kier molecular flexibility index (Phi) is 16.6. The molecule has 0 aromatic heterocycles. The van der Waals surface area contributed by atoms with Gasteiger partial charge in [-0.25, -0.2) is 0 Å². The number of rotatable bonds is 20. The van der Waals surface area contributed by atoms with Crippen molar-refractivity contribution in [2.75, 3.05) is 14.2 Å². The Labute approximate surface area is 235 Å². The molecule has 1 rings (SSSR count). The van der Waals surface area contributed by atoms with Crippen LogP contribution in [0.4, 0.5) is 0 Å². The molecule has 0 aliphatic heterocycles. The minimum Gasteiger partial charge on any atom is -0.504 e. The highest BCUT2D eigenvalue weighted by atomic mass is 16.5. The molecule has 0 aliphatic rings. The second-order valence-corrected chi connectivity index (χ2v) is 12.5. The van der Waals surface area contributed by atoms with E-state index in [9.17, 15) is 10.2 Å². The molecule has 4 heteroatoms. The third kappa shape index (κ3) is 12.3. The average molecular weight is 533 g/mol. The molecular weight excluding hydrogens is 472 g/mol. The zero-order valence-electron chi connectivity index (χ0n) is 26.3. The first-order chi connectivity index (χ1) is 18.0. The number of phenolic OH excluding ortho intramolecular Hbond substituents is 2. The number of hydrogen-bond donors (Lipinski definition) is 2. The predicted octanol–water partition coefficient (Wildman–Crippen LogP) is 10.2. The van der Waals surface area contributed by atoms with Crippen molar-refractivity contribution in [3.63, 3.8) is 0 Å². The van der Waals surface area contributed by atoms with E-state index in [4.69, 9.17) is 9.47 Å². The molecule has 1 aromatic carbocycles. The van der Waals surface area contributed by atoms with Crippen LogP contribution in [0.15, 0.2) is 11.6 Å². The van der Waals surface area contributed by atoms with Gasteiger partial charge in [0.15, 0.2) is 11.5 Å². The molecule has 1 aromatic rings. The molecule has 38 heavy (non-hydrogen) atoms. The zero-order valence-corrected chi connectivity index (χ0v) is 26.3. The standard InChI is InChI=1S/C34H60O4/c1-24(2)14-10-15-25(3)16-11-17-26(4)18-12-19-27(5)20-13-21-28(6)22-23-30-29(7)31(35)33(37-8)34(38-9)32(30)36/h16,24,26-28,35-36H,10-15,17-23H2,1-9H3/b25-16+. The van der Waals surface area contributed by atoms with E-state index in [1.807, 2.05) is 6.92 Å². The van der Waals surface area contributed by atoms with E-state index in [-0.39, 0.29) is 23.0 Å². The summed E-state index contributed by atoms with van der Waals surface area (Å²) in [7, 11) is 2.95. The summed E-state index contributed by atoms with van der Waals surface area (Å²) < 4.78 is 10.5. The SMILES string of the molecule is COc1c(O)c(C)c(CCC(C)CCCC(C)CCCC(C)CC/C=C(\C)CCCC(C)C)c(O)c1OC. The maximum absolute atomic E-state index is 10.7. The zero-order chi connectivity index (χ0) is 28.7. The van der Waals surface area contributed by atoms with Crippen molar-refractivity contribution in [3.05, 3.63) is 22.8 Å². The molecule has 3 unspecified atom stereocenters. The Bertz CT molecular complexity index is 827. The smallest absolute Gasteiger partial charge is 0.207 e. The summed E-state index contributed by atoms with van der Waals surface area (Å²) in [5, 5.41) is 21.2. The van der Waals surface area contributed by atoms with Crippen LogP contribution in [0.3, 0.4) is 0 Å². The lowest BCUT2D eigenvalue weighted by atomic mass is 9.90. The van der Waals surface area contributed by atoms with Crippen molar-refractivity contribution in [3.8, 4) is 23.0 Å². The molecule has 0 amide bonds. The molecule has 2 N–H and O–H groups in total. The summed E-state index contributed by atoms with van der Waals surface area (Å²) in [5.41, 5.74) is 3.00. The average Bonchev–Trinajstić information content (AvgIpc) is 2.85. The molecule has 0 heterocycles. The minimum absolute atomic E-state index is 0.0524. The summed E-state index contributed by atoms with van der Waals surface area (Å²) in [5.74, 6) is 3.54. The molecule has 0 bridgehead atoms. The monoisotopic (exact) mass is 532 g/mol. The Morgan fingerprint density at radius 1 is 0.711 bits per heavy atom. The molecule has 4 nitrogen and oxygen atoms in total. The number of ether oxygens (including phenoxy) is 2. The van der Waals surface area contributed by atoms with Gasteiger partial charge in [0.25, 0.3) is 0 Å². The van der Waals surface area contributed by atoms with E-state index in [1.165, 1.54) is 84.8 Å². The second kappa shape index (κ2) is 18.4. The summed E-state index contributed by atoms with van der Waals surface area (Å²) in [6.07, 6.45) is 18.4. The van der Waals surface area contributed by atoms with Crippen LogP contribution < -0.4 is 9.47 Å². The summed E-state index contributed by atoms with van der Waals surface area (Å²) >= 11 is 0. The van der Waals surface area contributed by atoms with Crippen LogP contribution in [-0.2, 0) is 6.42 Å². The molecule has 0 aliphatic carbocycles. The van der Waals surface area contributed by atoms with E-state index >= 15 is 0 Å². The first kappa shape index (κ1) is 34.2. The van der Waals surface area contributed by atoms with Crippen LogP contribution in [0, 0.1) is 30.6 Å². The van der Waals surface area contributed by atoms with E-state index < -0.39 is 0 Å². The number of aromatic hydroxyl groups is 2. The van der Waals surface area contributed by atoms with Gasteiger partial charge in [-0.15, -0.1) is 0 Å². The Morgan fingerprint density at radius 3 is 1.74 bits per heavy atom. The molecule has 220 valence electrons. The number of methoxy groups -OCH3 is 2. The van der Waals surface area contributed by atoms with Gasteiger partial charge in [-0.05, 0) is 76.0 Å². The quantitative estimate of drug-likeness (QED) is 0.129. The van der Waals surface area contributed by atoms with Crippen molar-refractivity contribution >= 4 is 0 Å². The molecule has 0 radical (unpaired) electrons. The topological polar surface area (TPSA) is 58.9 Å². The third-order valence-corrected chi connectivity index (χ3v) is 8.32. The molecule has 0 spiro atoms. The number of hydrogen-bond acceptors (Lipinski definition) is 4. The fourth-order valence-electron chi connectivity index (χ4n) is 5.49. The normalized spacial score (nSPS) is 14.5. The van der Waals surface area contributed by atoms with E-state index in [1.54, 1.807) is 5.57 Å². The van der Waals surface area contributed by atoms with Gasteiger partial charge in [0.2, 0.25) is 11.5 Å². The molecule has 0 saturated heterocycles. The number of allylic oxidation sites excluding steroid dienone is 2. The maximum atomic E-state index is 10.7. The maximum Gasteiger partial charge on any atom is 0.207 e. The first-order valence-corrected chi connectivity index (χ1v) is 15.3. The van der Waals surface area contributed by atoms with Gasteiger partial charge >= 0.3 is 0 Å². The van der Waals surface area contributed by atoms with Gasteiger partial charge in [0, 0.05) is 11.1 Å². The van der Waals surface area contributed by atoms with Crippen molar-refractivity contribution in [1.29, 1.82) is 0 Å². The van der Waals surface area contributed by atoms with E-state index in [0.717, 1.165) is 29.7 Å². The fraction of sp³-hybridized carbons (Fsp3) is 0.765. The summed E-state index contributed by atoms with van der Waals surface area (Å²) in [6, 6.07) is 0. The summed E-state index contributed by atoms with van der Waals surface area (Å²) in [6.45, 7) is 15.9. The van der Waals surface area contributed by atoms with Crippen LogP contribution in [0.1, 0.15) is 130 Å². The lowest BCUT2D eigenvalue weighted by Gasteiger charge is -2.19. The Hall–Kier alpha value is -1.84. The van der Waals surface area contributed by atoms with Crippen molar-refractivity contribution in [1.82, 2.24) is 0 Å². The second-order valence-electron chi connectivity index (χ2n) is 12.5. The number of benzene rings is 1. The molecular formula is C34H60O4. The van der Waals surface area contributed by atoms with Gasteiger partial charge in [0.1, 0.15) is 0 Å². The lowest BCUT2D eigenvalue weighted by molar-refractivity contribution is 0.313. The third-order valence-electron chi connectivity index (χ3n) is 8.32. The van der Waals surface area contributed by atoms with Crippen LogP contribution in [0.5, 0.6) is 23.0 Å². The Balaban J connectivity index is 2.28. The van der Waals surface area contributed by atoms with Crippen LogP contribution in [0.2, 0.25) is 0 Å². The van der Waals surface area contributed by atoms with Crippen LogP contribution >= 0.6 is 0 Å². The molecule has 0 fully saturated rings. The Morgan fingerprint density at radius 2 is 1.21 bits per heavy atom. The lowest BCUT2D eigenvalue weighted by Crippen LogP contribution is -2.03. The molecule has 0 saturated carbocycles. The van der Waals surface area contributed by atoms with Gasteiger partial charge in [-0.1, -0.05) is 91.2 Å². The number of phenols is 2.